The van der Waals surface area contributed by atoms with Crippen molar-refractivity contribution in [2.24, 2.45) is 0 Å². The molecule has 0 bridgehead atoms. The molecule has 104 valence electrons. The molecule has 2 rings (SSSR count). The standard InChI is InChI=1S/C15H20BrNO2/c1-11(12-4-6-13(16)7-5-12)9-15(19)17-8-2-3-14(17)10-18/h4-7,11,14,18H,2-3,8-10H2,1H3/t11?,14-/m0/s1. The number of aliphatic hydroxyl groups excluding tert-OH is 1. The Morgan fingerprint density at radius 2 is 2.16 bits per heavy atom. The molecule has 0 spiro atoms. The quantitative estimate of drug-likeness (QED) is 0.924. The zero-order valence-corrected chi connectivity index (χ0v) is 12.8. The second-order valence-corrected chi connectivity index (χ2v) is 6.14. The number of carbonyl (C=O) groups is 1. The molecule has 1 aliphatic rings. The minimum Gasteiger partial charge on any atom is -0.394 e. The molecular formula is C15H20BrNO2. The summed E-state index contributed by atoms with van der Waals surface area (Å²) in [6.45, 7) is 2.95. The smallest absolute Gasteiger partial charge is 0.223 e. The lowest BCUT2D eigenvalue weighted by Gasteiger charge is -2.24. The van der Waals surface area contributed by atoms with Gasteiger partial charge in [0.1, 0.15) is 0 Å². The molecule has 1 heterocycles. The number of nitrogens with zero attached hydrogens (tertiary/aromatic N) is 1. The second-order valence-electron chi connectivity index (χ2n) is 5.22. The first-order valence-corrected chi connectivity index (χ1v) is 7.57. The Morgan fingerprint density at radius 3 is 2.79 bits per heavy atom. The maximum atomic E-state index is 12.3. The number of hydrogen-bond donors (Lipinski definition) is 1. The summed E-state index contributed by atoms with van der Waals surface area (Å²) in [5.41, 5.74) is 1.18. The monoisotopic (exact) mass is 325 g/mol. The van der Waals surface area contributed by atoms with Crippen LogP contribution in [0.4, 0.5) is 0 Å². The third-order valence-electron chi connectivity index (χ3n) is 3.83. The molecule has 1 fully saturated rings. The van der Waals surface area contributed by atoms with Gasteiger partial charge in [0.25, 0.3) is 0 Å². The highest BCUT2D eigenvalue weighted by Crippen LogP contribution is 2.25. The van der Waals surface area contributed by atoms with Crippen molar-refractivity contribution in [2.45, 2.75) is 38.1 Å². The maximum absolute atomic E-state index is 12.3. The summed E-state index contributed by atoms with van der Waals surface area (Å²) in [5.74, 6) is 0.368. The van der Waals surface area contributed by atoms with E-state index in [0.717, 1.165) is 23.9 Å². The minimum absolute atomic E-state index is 0.0321. The van der Waals surface area contributed by atoms with E-state index in [-0.39, 0.29) is 24.5 Å². The number of carbonyl (C=O) groups excluding carboxylic acids is 1. The van der Waals surface area contributed by atoms with E-state index in [1.807, 2.05) is 17.0 Å². The minimum atomic E-state index is 0.0321. The van der Waals surface area contributed by atoms with Gasteiger partial charge in [-0.15, -0.1) is 0 Å². The van der Waals surface area contributed by atoms with Gasteiger partial charge in [-0.25, -0.2) is 0 Å². The molecule has 1 saturated heterocycles. The first-order valence-electron chi connectivity index (χ1n) is 6.77. The molecule has 4 heteroatoms. The van der Waals surface area contributed by atoms with Gasteiger partial charge in [-0.05, 0) is 36.5 Å². The highest BCUT2D eigenvalue weighted by Gasteiger charge is 2.28. The van der Waals surface area contributed by atoms with Crippen molar-refractivity contribution in [3.63, 3.8) is 0 Å². The van der Waals surface area contributed by atoms with E-state index in [2.05, 4.69) is 35.0 Å². The SMILES string of the molecule is CC(CC(=O)N1CCC[C@H]1CO)c1ccc(Br)cc1. The lowest BCUT2D eigenvalue weighted by Crippen LogP contribution is -2.38. The Bertz CT molecular complexity index is 432. The number of hydrogen-bond acceptors (Lipinski definition) is 2. The first kappa shape index (κ1) is 14.5. The normalized spacial score (nSPS) is 20.6. The molecule has 1 unspecified atom stereocenters. The van der Waals surface area contributed by atoms with Gasteiger partial charge in [0.2, 0.25) is 5.91 Å². The number of halogens is 1. The molecule has 0 saturated carbocycles. The van der Waals surface area contributed by atoms with Gasteiger partial charge in [-0.3, -0.25) is 4.79 Å². The fraction of sp³-hybridized carbons (Fsp3) is 0.533. The van der Waals surface area contributed by atoms with Crippen LogP contribution in [0, 0.1) is 0 Å². The van der Waals surface area contributed by atoms with Crippen LogP contribution in [-0.2, 0) is 4.79 Å². The topological polar surface area (TPSA) is 40.5 Å². The Balaban J connectivity index is 1.96. The van der Waals surface area contributed by atoms with Crippen LogP contribution in [0.1, 0.15) is 37.7 Å². The maximum Gasteiger partial charge on any atom is 0.223 e. The van der Waals surface area contributed by atoms with Crippen LogP contribution in [0.2, 0.25) is 0 Å². The van der Waals surface area contributed by atoms with Gasteiger partial charge in [0.05, 0.1) is 12.6 Å². The van der Waals surface area contributed by atoms with Gasteiger partial charge in [-0.2, -0.15) is 0 Å². The summed E-state index contributed by atoms with van der Waals surface area (Å²) in [7, 11) is 0. The van der Waals surface area contributed by atoms with Crippen LogP contribution < -0.4 is 0 Å². The predicted molar refractivity (Wildman–Crippen MR) is 79.0 cm³/mol. The number of likely N-dealkylation sites (tertiary alicyclic amines) is 1. The van der Waals surface area contributed by atoms with E-state index < -0.39 is 0 Å². The van der Waals surface area contributed by atoms with Crippen LogP contribution in [0.5, 0.6) is 0 Å². The summed E-state index contributed by atoms with van der Waals surface area (Å²) >= 11 is 3.41. The molecule has 19 heavy (non-hydrogen) atoms. The second kappa shape index (κ2) is 6.53. The van der Waals surface area contributed by atoms with Gasteiger partial charge in [0, 0.05) is 17.4 Å². The highest BCUT2D eigenvalue weighted by atomic mass is 79.9. The summed E-state index contributed by atoms with van der Waals surface area (Å²) in [5, 5.41) is 9.27. The van der Waals surface area contributed by atoms with Crippen molar-refractivity contribution in [3.05, 3.63) is 34.3 Å². The van der Waals surface area contributed by atoms with Gasteiger partial charge in [0.15, 0.2) is 0 Å². The van der Waals surface area contributed by atoms with E-state index in [9.17, 15) is 9.90 Å². The lowest BCUT2D eigenvalue weighted by atomic mass is 9.97. The summed E-state index contributed by atoms with van der Waals surface area (Å²) < 4.78 is 1.05. The fourth-order valence-corrected chi connectivity index (χ4v) is 2.91. The molecular weight excluding hydrogens is 306 g/mol. The lowest BCUT2D eigenvalue weighted by molar-refractivity contribution is -0.133. The first-order chi connectivity index (χ1) is 9.11. The van der Waals surface area contributed by atoms with E-state index >= 15 is 0 Å². The Hall–Kier alpha value is -0.870. The molecule has 0 aromatic heterocycles. The third kappa shape index (κ3) is 3.57. The largest absolute Gasteiger partial charge is 0.394 e. The number of rotatable bonds is 4. The molecule has 0 aliphatic carbocycles. The molecule has 1 aliphatic heterocycles. The average molecular weight is 326 g/mol. The number of benzene rings is 1. The Kier molecular flexibility index (Phi) is 4.99. The van der Waals surface area contributed by atoms with Crippen LogP contribution in [0.25, 0.3) is 0 Å². The van der Waals surface area contributed by atoms with Crippen molar-refractivity contribution >= 4 is 21.8 Å². The third-order valence-corrected chi connectivity index (χ3v) is 4.36. The van der Waals surface area contributed by atoms with Crippen LogP contribution in [-0.4, -0.2) is 35.1 Å². The summed E-state index contributed by atoms with van der Waals surface area (Å²) in [6.07, 6.45) is 2.44. The average Bonchev–Trinajstić information content (AvgIpc) is 2.87. The van der Waals surface area contributed by atoms with Crippen molar-refractivity contribution in [1.29, 1.82) is 0 Å². The number of aliphatic hydroxyl groups is 1. The summed E-state index contributed by atoms with van der Waals surface area (Å²) in [4.78, 5) is 14.1. The molecule has 2 atom stereocenters. The predicted octanol–water partition coefficient (Wildman–Crippen LogP) is 2.93. The molecule has 1 N–H and O–H groups in total. The van der Waals surface area contributed by atoms with Crippen molar-refractivity contribution in [2.75, 3.05) is 13.2 Å². The van der Waals surface area contributed by atoms with Gasteiger partial charge >= 0.3 is 0 Å². The fourth-order valence-electron chi connectivity index (χ4n) is 2.64. The molecule has 1 aromatic carbocycles. The zero-order chi connectivity index (χ0) is 13.8. The van der Waals surface area contributed by atoms with E-state index in [4.69, 9.17) is 0 Å². The Labute approximate surface area is 122 Å². The molecule has 0 radical (unpaired) electrons. The van der Waals surface area contributed by atoms with Gasteiger partial charge in [-0.1, -0.05) is 35.0 Å². The molecule has 1 amide bonds. The van der Waals surface area contributed by atoms with Crippen LogP contribution >= 0.6 is 15.9 Å². The van der Waals surface area contributed by atoms with Crippen LogP contribution in [0.15, 0.2) is 28.7 Å². The van der Waals surface area contributed by atoms with Gasteiger partial charge < -0.3 is 10.0 Å². The number of amides is 1. The molecule has 3 nitrogen and oxygen atoms in total. The summed E-state index contributed by atoms with van der Waals surface area (Å²) in [6, 6.07) is 8.14. The van der Waals surface area contributed by atoms with E-state index in [0.29, 0.717) is 6.42 Å². The van der Waals surface area contributed by atoms with E-state index in [1.165, 1.54) is 5.56 Å². The highest BCUT2D eigenvalue weighted by molar-refractivity contribution is 9.10. The van der Waals surface area contributed by atoms with Crippen molar-refractivity contribution in [1.82, 2.24) is 4.90 Å². The zero-order valence-electron chi connectivity index (χ0n) is 11.2. The van der Waals surface area contributed by atoms with E-state index in [1.54, 1.807) is 0 Å². The molecule has 1 aromatic rings. The van der Waals surface area contributed by atoms with Crippen molar-refractivity contribution < 1.29 is 9.90 Å². The van der Waals surface area contributed by atoms with Crippen LogP contribution in [0.3, 0.4) is 0 Å². The Morgan fingerprint density at radius 1 is 1.47 bits per heavy atom. The van der Waals surface area contributed by atoms with Crippen molar-refractivity contribution in [3.8, 4) is 0 Å².